The quantitative estimate of drug-likeness (QED) is 0.0313. The first-order valence-corrected chi connectivity index (χ1v) is 16.7. The zero-order valence-electron chi connectivity index (χ0n) is 29.2. The number of nitrogens with one attached hydrogen (secondary N) is 2. The number of carboxylic acid groups (broad SMARTS) is 1. The molecular formula is C32H49N7O14. The molecule has 2 fully saturated rings. The Morgan fingerprint density at radius 3 is 1.79 bits per heavy atom. The van der Waals surface area contributed by atoms with Gasteiger partial charge in [-0.3, -0.25) is 19.2 Å². The van der Waals surface area contributed by atoms with E-state index in [4.69, 9.17) is 53.1 Å². The summed E-state index contributed by atoms with van der Waals surface area (Å²) in [4.78, 5) is 81.5. The van der Waals surface area contributed by atoms with Crippen molar-refractivity contribution < 1.29 is 67.5 Å². The fourth-order valence-corrected chi connectivity index (χ4v) is 4.55. The second kappa shape index (κ2) is 22.5. The van der Waals surface area contributed by atoms with E-state index in [2.05, 4.69) is 20.1 Å². The summed E-state index contributed by atoms with van der Waals surface area (Å²) >= 11 is 0. The van der Waals surface area contributed by atoms with Crippen molar-refractivity contribution in [2.75, 3.05) is 32.9 Å². The van der Waals surface area contributed by atoms with Crippen molar-refractivity contribution in [1.29, 1.82) is 0 Å². The van der Waals surface area contributed by atoms with Gasteiger partial charge in [0.15, 0.2) is 0 Å². The molecule has 2 aliphatic rings. The van der Waals surface area contributed by atoms with E-state index in [-0.39, 0.29) is 24.8 Å². The fraction of sp³-hybridized carbons (Fsp3) is 0.594. The normalized spacial score (nSPS) is 19.8. The minimum atomic E-state index is -1.47. The van der Waals surface area contributed by atoms with E-state index >= 15 is 0 Å². The average Bonchev–Trinajstić information content (AvgIpc) is 3.89. The summed E-state index contributed by atoms with van der Waals surface area (Å²) in [5.41, 5.74) is 28.2. The number of carboxylic acids is 1. The van der Waals surface area contributed by atoms with Crippen LogP contribution in [0.15, 0.2) is 24.3 Å². The Bertz CT molecular complexity index is 1400. The molecule has 0 aromatic heterocycles. The lowest BCUT2D eigenvalue weighted by Gasteiger charge is -2.19. The monoisotopic (exact) mass is 755 g/mol. The number of hydrogen-bond donors (Lipinski definition) is 9. The summed E-state index contributed by atoms with van der Waals surface area (Å²) in [6, 6.07) is -1.10. The molecule has 296 valence electrons. The highest BCUT2D eigenvalue weighted by Crippen LogP contribution is 2.15. The van der Waals surface area contributed by atoms with E-state index in [9.17, 15) is 33.6 Å². The fourth-order valence-electron chi connectivity index (χ4n) is 4.55. The Morgan fingerprint density at radius 2 is 1.26 bits per heavy atom. The third kappa shape index (κ3) is 15.5. The topological polar surface area (TPSA) is 360 Å². The maximum Gasteiger partial charge on any atom is 0.334 e. The molecule has 21 heteroatoms. The lowest BCUT2D eigenvalue weighted by atomic mass is 10.1. The van der Waals surface area contributed by atoms with E-state index in [1.165, 1.54) is 31.2 Å². The van der Waals surface area contributed by atoms with Crippen molar-refractivity contribution in [1.82, 2.24) is 10.6 Å². The van der Waals surface area contributed by atoms with E-state index < -0.39 is 97.4 Å². The number of rotatable bonds is 17. The van der Waals surface area contributed by atoms with E-state index in [0.29, 0.717) is 12.0 Å². The molecule has 0 amide bonds. The van der Waals surface area contributed by atoms with Gasteiger partial charge in [0.2, 0.25) is 0 Å². The highest BCUT2D eigenvalue weighted by Gasteiger charge is 2.30. The van der Waals surface area contributed by atoms with Gasteiger partial charge in [-0.25, -0.2) is 14.4 Å². The molecule has 0 bridgehead atoms. The van der Waals surface area contributed by atoms with E-state index in [1.807, 2.05) is 0 Å². The van der Waals surface area contributed by atoms with Crippen LogP contribution >= 0.6 is 0 Å². The van der Waals surface area contributed by atoms with Crippen molar-refractivity contribution in [3.63, 3.8) is 0 Å². The lowest BCUT2D eigenvalue weighted by molar-refractivity contribution is -0.163. The van der Waals surface area contributed by atoms with E-state index in [1.54, 1.807) is 0 Å². The van der Waals surface area contributed by atoms with Crippen molar-refractivity contribution in [2.45, 2.75) is 87.4 Å². The Balaban J connectivity index is 0.000000539. The molecule has 0 aliphatic carbocycles. The molecule has 53 heavy (non-hydrogen) atoms. The summed E-state index contributed by atoms with van der Waals surface area (Å²) < 4.78 is 24.5. The standard InChI is InChI=1S/C23H33N5O10.C9H16N2O4/c24-14(20(31)38-22(33)17(27)10-35-19(30)15(25)9-29)8-12-3-5-13(6-4-12)37-21(32)16(26)11-36-23(34)18-2-1-7-28-18;1-5(7(10)8(12)13)15-9(14)6-3-2-4-11-6/h3-6,14-18,28-29H,1-2,7-11,24-27H2;5-7,11H,2-4,10H2,1H3,(H,12,13)/t14-,15-,16-,17-,18-;5-,6+,7+/m01/s1. The molecule has 8 atom stereocenters. The third-order valence-corrected chi connectivity index (χ3v) is 7.80. The predicted molar refractivity (Wildman–Crippen MR) is 181 cm³/mol. The lowest BCUT2D eigenvalue weighted by Crippen LogP contribution is -2.45. The van der Waals surface area contributed by atoms with Crippen LogP contribution in [0.3, 0.4) is 0 Å². The van der Waals surface area contributed by atoms with Gasteiger partial charge in [0.05, 0.1) is 6.61 Å². The maximum absolute atomic E-state index is 12.2. The van der Waals surface area contributed by atoms with Crippen molar-refractivity contribution in [3.8, 4) is 5.75 Å². The zero-order valence-corrected chi connectivity index (χ0v) is 29.2. The number of aliphatic carboxylic acids is 1. The van der Waals surface area contributed by atoms with Crippen LogP contribution in [0, 0.1) is 0 Å². The molecule has 1 aromatic carbocycles. The second-order valence-electron chi connectivity index (χ2n) is 12.2. The minimum Gasteiger partial charge on any atom is -0.480 e. The minimum absolute atomic E-state index is 0.0272. The molecule has 2 heterocycles. The highest BCUT2D eigenvalue weighted by atomic mass is 16.6. The first-order valence-electron chi connectivity index (χ1n) is 16.7. The second-order valence-corrected chi connectivity index (χ2v) is 12.2. The molecule has 0 radical (unpaired) electrons. The van der Waals surface area contributed by atoms with Gasteiger partial charge in [-0.1, -0.05) is 12.1 Å². The summed E-state index contributed by atoms with van der Waals surface area (Å²) in [7, 11) is 0. The van der Waals surface area contributed by atoms with Gasteiger partial charge in [-0.05, 0) is 69.8 Å². The number of esters is 6. The average molecular weight is 756 g/mol. The number of nitrogens with two attached hydrogens (primary N) is 5. The molecule has 0 unspecified atom stereocenters. The number of hydrogen-bond acceptors (Lipinski definition) is 20. The number of aliphatic hydroxyl groups is 1. The number of aliphatic hydroxyl groups excluding tert-OH is 1. The van der Waals surface area contributed by atoms with E-state index in [0.717, 1.165) is 32.4 Å². The summed E-state index contributed by atoms with van der Waals surface area (Å²) in [6.07, 6.45) is 2.35. The van der Waals surface area contributed by atoms with Gasteiger partial charge in [-0.15, -0.1) is 0 Å². The number of carbonyl (C=O) groups is 7. The first-order chi connectivity index (χ1) is 25.0. The third-order valence-electron chi connectivity index (χ3n) is 7.80. The maximum atomic E-state index is 12.2. The first kappa shape index (κ1) is 44.6. The van der Waals surface area contributed by atoms with Crippen LogP contribution in [0.25, 0.3) is 0 Å². The Hall–Kier alpha value is -4.61. The van der Waals surface area contributed by atoms with Crippen LogP contribution in [-0.2, 0) is 58.9 Å². The molecular weight excluding hydrogens is 706 g/mol. The van der Waals surface area contributed by atoms with Crippen LogP contribution in [0.4, 0.5) is 0 Å². The van der Waals surface area contributed by atoms with Gasteiger partial charge < -0.3 is 73.2 Å². The molecule has 3 rings (SSSR count). The zero-order chi connectivity index (χ0) is 39.7. The molecule has 2 aliphatic heterocycles. The van der Waals surface area contributed by atoms with Crippen LogP contribution in [-0.4, -0.2) is 133 Å². The van der Waals surface area contributed by atoms with Crippen LogP contribution in [0.2, 0.25) is 0 Å². The van der Waals surface area contributed by atoms with Gasteiger partial charge in [0, 0.05) is 0 Å². The van der Waals surface area contributed by atoms with Crippen molar-refractivity contribution in [3.05, 3.63) is 29.8 Å². The molecule has 2 saturated heterocycles. The largest absolute Gasteiger partial charge is 0.480 e. The highest BCUT2D eigenvalue weighted by molar-refractivity contribution is 5.91. The van der Waals surface area contributed by atoms with Gasteiger partial charge >= 0.3 is 41.8 Å². The SMILES string of the molecule is C[C@@H](OC(=O)[C@@H]1CCCN1)[C@H](N)C(=O)O.N[C@@H](CO)C(=O)OC[C@H](N)C(=O)OC(=O)[C@@H](N)Cc1ccc(OC(=O)[C@@H](N)COC(=O)[C@@H]2CCCN2)cc1. The molecule has 0 spiro atoms. The summed E-state index contributed by atoms with van der Waals surface area (Å²) in [5.74, 6) is -5.91. The number of carbonyl (C=O) groups excluding carboxylic acids is 6. The summed E-state index contributed by atoms with van der Waals surface area (Å²) in [5, 5.41) is 23.3. The summed E-state index contributed by atoms with van der Waals surface area (Å²) in [6.45, 7) is 1.40. The Kier molecular flexibility index (Phi) is 18.9. The molecule has 21 nitrogen and oxygen atoms in total. The van der Waals surface area contributed by atoms with Crippen molar-refractivity contribution >= 4 is 41.8 Å². The Labute approximate surface area is 304 Å². The number of ether oxygens (including phenoxy) is 5. The van der Waals surface area contributed by atoms with Gasteiger partial charge in [0.1, 0.15) is 67.4 Å². The van der Waals surface area contributed by atoms with Crippen LogP contribution < -0.4 is 44.0 Å². The number of benzene rings is 1. The van der Waals surface area contributed by atoms with Crippen molar-refractivity contribution in [2.24, 2.45) is 28.7 Å². The smallest absolute Gasteiger partial charge is 0.334 e. The Morgan fingerprint density at radius 1 is 0.736 bits per heavy atom. The van der Waals surface area contributed by atoms with Gasteiger partial charge in [-0.2, -0.15) is 0 Å². The molecule has 0 saturated carbocycles. The molecule has 14 N–H and O–H groups in total. The predicted octanol–water partition coefficient (Wildman–Crippen LogP) is -4.57. The van der Waals surface area contributed by atoms with Gasteiger partial charge in [0.25, 0.3) is 0 Å². The van der Waals surface area contributed by atoms with Crippen LogP contribution in [0.1, 0.15) is 38.2 Å². The van der Waals surface area contributed by atoms with Crippen LogP contribution in [0.5, 0.6) is 5.75 Å². The molecule has 1 aromatic rings.